The SMILES string of the molecule is NC1COCC1C(=O)Nc1ccc(F)cc1I. The molecule has 1 fully saturated rings. The zero-order valence-electron chi connectivity index (χ0n) is 8.95. The summed E-state index contributed by atoms with van der Waals surface area (Å²) in [6.07, 6.45) is 0. The van der Waals surface area contributed by atoms with Gasteiger partial charge in [0.25, 0.3) is 0 Å². The minimum atomic E-state index is -0.337. The number of nitrogens with two attached hydrogens (primary N) is 1. The maximum absolute atomic E-state index is 12.9. The third-order valence-corrected chi connectivity index (χ3v) is 3.54. The lowest BCUT2D eigenvalue weighted by molar-refractivity contribution is -0.120. The van der Waals surface area contributed by atoms with Gasteiger partial charge >= 0.3 is 0 Å². The van der Waals surface area contributed by atoms with Crippen LogP contribution in [0.3, 0.4) is 0 Å². The molecule has 0 spiro atoms. The summed E-state index contributed by atoms with van der Waals surface area (Å²) in [6.45, 7) is 0.739. The first-order chi connectivity index (χ1) is 8.08. The Balaban J connectivity index is 2.07. The summed E-state index contributed by atoms with van der Waals surface area (Å²) in [4.78, 5) is 11.9. The molecule has 0 saturated carbocycles. The molecule has 92 valence electrons. The minimum absolute atomic E-state index is 0.181. The van der Waals surface area contributed by atoms with Gasteiger partial charge in [-0.25, -0.2) is 4.39 Å². The van der Waals surface area contributed by atoms with Gasteiger partial charge in [0.15, 0.2) is 0 Å². The Morgan fingerprint density at radius 1 is 1.53 bits per heavy atom. The molecule has 0 aromatic heterocycles. The summed E-state index contributed by atoms with van der Waals surface area (Å²) in [5, 5.41) is 2.74. The molecule has 1 aromatic carbocycles. The number of rotatable bonds is 2. The standard InChI is InChI=1S/C11H12FIN2O2/c12-6-1-2-10(8(13)3-6)15-11(16)7-4-17-5-9(7)14/h1-3,7,9H,4-5,14H2,(H,15,16). The molecule has 2 unspecified atom stereocenters. The Labute approximate surface area is 112 Å². The molecule has 1 aliphatic rings. The van der Waals surface area contributed by atoms with E-state index >= 15 is 0 Å². The predicted octanol–water partition coefficient (Wildman–Crippen LogP) is 1.34. The van der Waals surface area contributed by atoms with Crippen LogP contribution in [-0.4, -0.2) is 25.2 Å². The number of ether oxygens (including phenoxy) is 1. The van der Waals surface area contributed by atoms with Crippen molar-refractivity contribution in [2.24, 2.45) is 11.7 Å². The molecule has 6 heteroatoms. The number of carbonyl (C=O) groups is 1. The van der Waals surface area contributed by atoms with Gasteiger partial charge in [0.2, 0.25) is 5.91 Å². The second-order valence-electron chi connectivity index (χ2n) is 3.92. The van der Waals surface area contributed by atoms with Gasteiger partial charge in [-0.3, -0.25) is 4.79 Å². The van der Waals surface area contributed by atoms with Crippen LogP contribution in [0.15, 0.2) is 18.2 Å². The molecule has 4 nitrogen and oxygen atoms in total. The van der Waals surface area contributed by atoms with E-state index in [9.17, 15) is 9.18 Å². The molecule has 0 radical (unpaired) electrons. The highest BCUT2D eigenvalue weighted by atomic mass is 127. The average molecular weight is 350 g/mol. The van der Waals surface area contributed by atoms with Crippen molar-refractivity contribution in [3.05, 3.63) is 27.6 Å². The molecule has 2 rings (SSSR count). The molecule has 1 aromatic rings. The lowest BCUT2D eigenvalue weighted by Crippen LogP contribution is -2.37. The van der Waals surface area contributed by atoms with E-state index in [1.54, 1.807) is 0 Å². The predicted molar refractivity (Wildman–Crippen MR) is 70.0 cm³/mol. The van der Waals surface area contributed by atoms with Crippen molar-refractivity contribution in [2.75, 3.05) is 18.5 Å². The zero-order chi connectivity index (χ0) is 12.4. The summed E-state index contributed by atoms with van der Waals surface area (Å²) in [5.41, 5.74) is 6.34. The number of nitrogens with one attached hydrogen (secondary N) is 1. The Hall–Kier alpha value is -0.730. The molecule has 1 heterocycles. The van der Waals surface area contributed by atoms with Gasteiger partial charge in [-0.2, -0.15) is 0 Å². The molecule has 1 amide bonds. The summed E-state index contributed by atoms with van der Waals surface area (Å²) >= 11 is 1.97. The molecule has 0 bridgehead atoms. The summed E-state index contributed by atoms with van der Waals surface area (Å²) < 4.78 is 18.7. The monoisotopic (exact) mass is 350 g/mol. The number of halogens is 2. The van der Waals surface area contributed by atoms with Crippen LogP contribution in [0.1, 0.15) is 0 Å². The Morgan fingerprint density at radius 3 is 2.88 bits per heavy atom. The van der Waals surface area contributed by atoms with E-state index in [1.165, 1.54) is 18.2 Å². The van der Waals surface area contributed by atoms with Crippen molar-refractivity contribution in [2.45, 2.75) is 6.04 Å². The van der Waals surface area contributed by atoms with Crippen LogP contribution in [0.5, 0.6) is 0 Å². The number of hydrogen-bond acceptors (Lipinski definition) is 3. The fraction of sp³-hybridized carbons (Fsp3) is 0.364. The Morgan fingerprint density at radius 2 is 2.29 bits per heavy atom. The van der Waals surface area contributed by atoms with Gasteiger partial charge in [0.05, 0.1) is 24.8 Å². The fourth-order valence-corrected chi connectivity index (χ4v) is 2.27. The average Bonchev–Trinajstić information content (AvgIpc) is 2.68. The van der Waals surface area contributed by atoms with E-state index in [0.29, 0.717) is 22.5 Å². The first-order valence-corrected chi connectivity index (χ1v) is 6.25. The van der Waals surface area contributed by atoms with E-state index in [0.717, 1.165) is 0 Å². The van der Waals surface area contributed by atoms with Gasteiger partial charge in [-0.15, -0.1) is 0 Å². The first-order valence-electron chi connectivity index (χ1n) is 5.17. The van der Waals surface area contributed by atoms with Crippen LogP contribution in [0, 0.1) is 15.3 Å². The molecule has 17 heavy (non-hydrogen) atoms. The molecule has 0 aliphatic carbocycles. The van der Waals surface area contributed by atoms with E-state index < -0.39 is 0 Å². The van der Waals surface area contributed by atoms with Gasteiger partial charge in [-0.1, -0.05) is 0 Å². The van der Waals surface area contributed by atoms with Gasteiger partial charge in [0.1, 0.15) is 5.82 Å². The van der Waals surface area contributed by atoms with Crippen LogP contribution in [0.25, 0.3) is 0 Å². The van der Waals surface area contributed by atoms with Gasteiger partial charge < -0.3 is 15.8 Å². The number of amides is 1. The van der Waals surface area contributed by atoms with Gasteiger partial charge in [-0.05, 0) is 40.8 Å². The van der Waals surface area contributed by atoms with E-state index in [2.05, 4.69) is 5.32 Å². The topological polar surface area (TPSA) is 64.3 Å². The quantitative estimate of drug-likeness (QED) is 0.792. The highest BCUT2D eigenvalue weighted by molar-refractivity contribution is 14.1. The summed E-state index contributed by atoms with van der Waals surface area (Å²) in [6, 6.07) is 3.94. The summed E-state index contributed by atoms with van der Waals surface area (Å²) in [7, 11) is 0. The molecule has 2 atom stereocenters. The fourth-order valence-electron chi connectivity index (χ4n) is 1.66. The number of benzene rings is 1. The number of carbonyl (C=O) groups excluding carboxylic acids is 1. The second-order valence-corrected chi connectivity index (χ2v) is 5.08. The normalized spacial score (nSPS) is 23.7. The van der Waals surface area contributed by atoms with Crippen LogP contribution in [0.4, 0.5) is 10.1 Å². The van der Waals surface area contributed by atoms with Crippen molar-refractivity contribution < 1.29 is 13.9 Å². The van der Waals surface area contributed by atoms with Crippen LogP contribution in [-0.2, 0) is 9.53 Å². The van der Waals surface area contributed by atoms with Crippen molar-refractivity contribution in [1.29, 1.82) is 0 Å². The molecular weight excluding hydrogens is 338 g/mol. The van der Waals surface area contributed by atoms with Crippen molar-refractivity contribution in [1.82, 2.24) is 0 Å². The molecule has 1 aliphatic heterocycles. The number of hydrogen-bond donors (Lipinski definition) is 2. The summed E-state index contributed by atoms with van der Waals surface area (Å²) in [5.74, 6) is -0.844. The smallest absolute Gasteiger partial charge is 0.231 e. The number of anilines is 1. The Bertz CT molecular complexity index is 441. The largest absolute Gasteiger partial charge is 0.379 e. The third kappa shape index (κ3) is 2.93. The van der Waals surface area contributed by atoms with Gasteiger partial charge in [0, 0.05) is 9.61 Å². The minimum Gasteiger partial charge on any atom is -0.379 e. The second kappa shape index (κ2) is 5.28. The molecular formula is C11H12FIN2O2. The zero-order valence-corrected chi connectivity index (χ0v) is 11.1. The lowest BCUT2D eigenvalue weighted by Gasteiger charge is -2.14. The lowest BCUT2D eigenvalue weighted by atomic mass is 10.0. The highest BCUT2D eigenvalue weighted by Crippen LogP contribution is 2.21. The molecule has 1 saturated heterocycles. The maximum atomic E-state index is 12.9. The van der Waals surface area contributed by atoms with Crippen molar-refractivity contribution >= 4 is 34.2 Å². The van der Waals surface area contributed by atoms with Crippen LogP contribution >= 0.6 is 22.6 Å². The van der Waals surface area contributed by atoms with E-state index in [4.69, 9.17) is 10.5 Å². The van der Waals surface area contributed by atoms with Crippen molar-refractivity contribution in [3.63, 3.8) is 0 Å². The van der Waals surface area contributed by atoms with Crippen LogP contribution in [0.2, 0.25) is 0 Å². The highest BCUT2D eigenvalue weighted by Gasteiger charge is 2.31. The maximum Gasteiger partial charge on any atom is 0.231 e. The third-order valence-electron chi connectivity index (χ3n) is 2.65. The van der Waals surface area contributed by atoms with E-state index in [-0.39, 0.29) is 23.7 Å². The van der Waals surface area contributed by atoms with E-state index in [1.807, 2.05) is 22.6 Å². The van der Waals surface area contributed by atoms with Crippen LogP contribution < -0.4 is 11.1 Å². The first kappa shape index (κ1) is 12.7. The van der Waals surface area contributed by atoms with Crippen molar-refractivity contribution in [3.8, 4) is 0 Å². The molecule has 3 N–H and O–H groups in total. The Kier molecular flexibility index (Phi) is 3.95.